The van der Waals surface area contributed by atoms with Crippen LogP contribution in [0.4, 0.5) is 5.69 Å². The van der Waals surface area contributed by atoms with E-state index < -0.39 is 15.9 Å². The first-order valence-electron chi connectivity index (χ1n) is 9.74. The Morgan fingerprint density at radius 2 is 1.65 bits per heavy atom. The predicted molar refractivity (Wildman–Crippen MR) is 111 cm³/mol. The van der Waals surface area contributed by atoms with Crippen LogP contribution in [0.15, 0.2) is 53.4 Å². The maximum atomic E-state index is 12.6. The van der Waals surface area contributed by atoms with Crippen LogP contribution in [-0.4, -0.2) is 69.3 Å². The van der Waals surface area contributed by atoms with Crippen LogP contribution in [0.5, 0.6) is 5.75 Å². The third-order valence-electron chi connectivity index (χ3n) is 5.51. The molecule has 0 atom stereocenters. The highest BCUT2D eigenvalue weighted by Gasteiger charge is 2.40. The van der Waals surface area contributed by atoms with Gasteiger partial charge in [-0.2, -0.15) is 0 Å². The Balaban J connectivity index is 0.00000272. The van der Waals surface area contributed by atoms with Crippen molar-refractivity contribution in [1.29, 1.82) is 0 Å². The molecule has 0 saturated carbocycles. The van der Waals surface area contributed by atoms with Crippen LogP contribution in [-0.2, 0) is 14.8 Å². The number of carbonyl (C=O) groups excluding carboxylic acids is 2. The van der Waals surface area contributed by atoms with Crippen molar-refractivity contribution in [2.45, 2.75) is 11.3 Å². The van der Waals surface area contributed by atoms with Gasteiger partial charge in [0.1, 0.15) is 10.6 Å². The number of sulfonamides is 1. The Morgan fingerprint density at radius 1 is 1.00 bits per heavy atom. The molecule has 166 valence electrons. The van der Waals surface area contributed by atoms with Crippen LogP contribution in [0.2, 0.25) is 0 Å². The fraction of sp³-hybridized carbons (Fsp3) is 0.333. The lowest BCUT2D eigenvalue weighted by molar-refractivity contribution is -0.131. The Kier molecular flexibility index (Phi) is 6.76. The second kappa shape index (κ2) is 9.15. The molecule has 0 aromatic heterocycles. The first-order valence-corrected chi connectivity index (χ1v) is 11.2. The van der Waals surface area contributed by atoms with E-state index in [-0.39, 0.29) is 41.7 Å². The highest BCUT2D eigenvalue weighted by Crippen LogP contribution is 2.30. The van der Waals surface area contributed by atoms with E-state index in [1.54, 1.807) is 24.1 Å². The van der Waals surface area contributed by atoms with Gasteiger partial charge >= 0.3 is 0 Å². The number of halogens is 1. The van der Waals surface area contributed by atoms with Crippen molar-refractivity contribution in [3.8, 4) is 5.75 Å². The average molecular weight is 465 g/mol. The van der Waals surface area contributed by atoms with E-state index in [0.29, 0.717) is 26.2 Å². The van der Waals surface area contributed by atoms with Crippen molar-refractivity contribution >= 4 is 27.5 Å². The molecule has 2 aromatic rings. The molecule has 0 aliphatic carbocycles. The van der Waals surface area contributed by atoms with Gasteiger partial charge in [-0.15, -0.1) is 0 Å². The van der Waals surface area contributed by atoms with Gasteiger partial charge < -0.3 is 26.9 Å². The van der Waals surface area contributed by atoms with Gasteiger partial charge in [0.2, 0.25) is 5.91 Å². The van der Waals surface area contributed by atoms with Crippen molar-refractivity contribution in [2.75, 3.05) is 44.7 Å². The van der Waals surface area contributed by atoms with Crippen LogP contribution < -0.4 is 22.0 Å². The molecule has 0 unspecified atom stereocenters. The number of carbonyl (C=O) groups is 2. The van der Waals surface area contributed by atoms with E-state index in [4.69, 9.17) is 4.74 Å². The number of methoxy groups -OCH3 is 1. The second-order valence-corrected chi connectivity index (χ2v) is 9.03. The molecule has 0 radical (unpaired) electrons. The summed E-state index contributed by atoms with van der Waals surface area (Å²) in [5, 5.41) is 0. The van der Waals surface area contributed by atoms with Gasteiger partial charge in [0.15, 0.2) is 0 Å². The average Bonchev–Trinajstić information content (AvgIpc) is 2.98. The molecule has 31 heavy (non-hydrogen) atoms. The van der Waals surface area contributed by atoms with Crippen molar-refractivity contribution in [3.05, 3.63) is 54.1 Å². The molecule has 2 aromatic carbocycles. The molecule has 4 rings (SSSR count). The van der Waals surface area contributed by atoms with Crippen molar-refractivity contribution < 1.29 is 35.2 Å². The van der Waals surface area contributed by atoms with E-state index in [9.17, 15) is 18.0 Å². The van der Waals surface area contributed by atoms with E-state index in [0.717, 1.165) is 15.7 Å². The minimum Gasteiger partial charge on any atom is -1.00 e. The summed E-state index contributed by atoms with van der Waals surface area (Å²) in [6.07, 6.45) is -0.0263. The molecule has 0 spiro atoms. The standard InChI is InChI=1S/C21H23N3O5S.ClH/c1-29-17-8-6-16(7-9-17)22-12-14-23(15-13-22)20(25)10-11-24-21(26)18-4-2-3-5-19(18)30(24,27)28;/h2-9H,10-15H2,1H3;1H/p-1. The van der Waals surface area contributed by atoms with Crippen molar-refractivity contribution in [2.24, 2.45) is 0 Å². The molecule has 2 heterocycles. The summed E-state index contributed by atoms with van der Waals surface area (Å²) in [6.45, 7) is 2.32. The van der Waals surface area contributed by atoms with Gasteiger partial charge in [0, 0.05) is 44.8 Å². The highest BCUT2D eigenvalue weighted by atomic mass is 35.5. The van der Waals surface area contributed by atoms with Gasteiger partial charge in [0.05, 0.1) is 12.7 Å². The Morgan fingerprint density at radius 3 is 2.26 bits per heavy atom. The number of piperazine rings is 1. The molecule has 0 N–H and O–H groups in total. The minimum absolute atomic E-state index is 0. The van der Waals surface area contributed by atoms with Crippen molar-refractivity contribution in [1.82, 2.24) is 9.21 Å². The summed E-state index contributed by atoms with van der Waals surface area (Å²) in [6, 6.07) is 13.9. The largest absolute Gasteiger partial charge is 1.00 e. The summed E-state index contributed by atoms with van der Waals surface area (Å²) >= 11 is 0. The van der Waals surface area contributed by atoms with Gasteiger partial charge in [-0.25, -0.2) is 12.7 Å². The number of ether oxygens (including phenoxy) is 1. The number of fused-ring (bicyclic) bond motifs is 1. The molecule has 1 fully saturated rings. The van der Waals surface area contributed by atoms with Gasteiger partial charge in [-0.05, 0) is 36.4 Å². The number of benzene rings is 2. The second-order valence-electron chi connectivity index (χ2n) is 7.19. The third-order valence-corrected chi connectivity index (χ3v) is 7.35. The lowest BCUT2D eigenvalue weighted by Crippen LogP contribution is -3.00. The number of rotatable bonds is 5. The zero-order valence-electron chi connectivity index (χ0n) is 17.0. The lowest BCUT2D eigenvalue weighted by Gasteiger charge is -2.36. The monoisotopic (exact) mass is 464 g/mol. The summed E-state index contributed by atoms with van der Waals surface area (Å²) in [4.78, 5) is 29.0. The SMILES string of the molecule is COc1ccc(N2CCN(C(=O)CCN3C(=O)c4ccccc4S3(=O)=O)CC2)cc1.[Cl-]. The molecule has 1 saturated heterocycles. The molecule has 10 heteroatoms. The highest BCUT2D eigenvalue weighted by molar-refractivity contribution is 7.90. The van der Waals surface area contributed by atoms with E-state index >= 15 is 0 Å². The quantitative estimate of drug-likeness (QED) is 0.540. The van der Waals surface area contributed by atoms with E-state index in [1.165, 1.54) is 12.1 Å². The summed E-state index contributed by atoms with van der Waals surface area (Å²) < 4.78 is 31.2. The van der Waals surface area contributed by atoms with Crippen LogP contribution in [0.3, 0.4) is 0 Å². The van der Waals surface area contributed by atoms with Crippen molar-refractivity contribution in [3.63, 3.8) is 0 Å². The summed E-state index contributed by atoms with van der Waals surface area (Å²) in [5.41, 5.74) is 1.23. The lowest BCUT2D eigenvalue weighted by atomic mass is 10.2. The number of hydrogen-bond donors (Lipinski definition) is 0. The Bertz CT molecular complexity index is 1070. The third kappa shape index (κ3) is 4.33. The van der Waals surface area contributed by atoms with Crippen LogP contribution in [0, 0.1) is 0 Å². The number of anilines is 1. The molecule has 0 bridgehead atoms. The first kappa shape index (κ1) is 22.9. The summed E-state index contributed by atoms with van der Waals surface area (Å²) in [5.74, 6) is 0.0761. The maximum absolute atomic E-state index is 12.6. The van der Waals surface area contributed by atoms with Gasteiger partial charge in [0.25, 0.3) is 15.9 Å². The van der Waals surface area contributed by atoms with E-state index in [1.807, 2.05) is 24.3 Å². The summed E-state index contributed by atoms with van der Waals surface area (Å²) in [7, 11) is -2.25. The fourth-order valence-corrected chi connectivity index (χ4v) is 5.38. The van der Waals surface area contributed by atoms with E-state index in [2.05, 4.69) is 4.90 Å². The molecule has 2 amide bonds. The molecule has 8 nitrogen and oxygen atoms in total. The first-order chi connectivity index (χ1) is 14.4. The molecule has 2 aliphatic heterocycles. The smallest absolute Gasteiger partial charge is 0.269 e. The molecular formula is C21H23ClN3O5S-. The maximum Gasteiger partial charge on any atom is 0.269 e. The predicted octanol–water partition coefficient (Wildman–Crippen LogP) is -1.42. The topological polar surface area (TPSA) is 87.2 Å². The normalized spacial score (nSPS) is 17.2. The Hall–Kier alpha value is -2.78. The zero-order valence-corrected chi connectivity index (χ0v) is 18.6. The van der Waals surface area contributed by atoms with Crippen LogP contribution >= 0.6 is 0 Å². The fourth-order valence-electron chi connectivity index (χ4n) is 3.81. The number of nitrogens with zero attached hydrogens (tertiary/aromatic N) is 3. The molecular weight excluding hydrogens is 442 g/mol. The van der Waals surface area contributed by atoms with Gasteiger partial charge in [-0.3, -0.25) is 9.59 Å². The Labute approximate surface area is 187 Å². The molecule has 2 aliphatic rings. The van der Waals surface area contributed by atoms with Crippen LogP contribution in [0.1, 0.15) is 16.8 Å². The van der Waals surface area contributed by atoms with Gasteiger partial charge in [-0.1, -0.05) is 12.1 Å². The minimum atomic E-state index is -3.88. The van der Waals surface area contributed by atoms with Crippen LogP contribution in [0.25, 0.3) is 0 Å². The zero-order chi connectivity index (χ0) is 21.3. The number of amides is 2. The number of hydrogen-bond acceptors (Lipinski definition) is 6.